The number of aromatic nitrogens is 1. The summed E-state index contributed by atoms with van der Waals surface area (Å²) < 4.78 is 0. The number of aromatic hydroxyl groups is 1. The maximum atomic E-state index is 11.1. The summed E-state index contributed by atoms with van der Waals surface area (Å²) in [6.07, 6.45) is 2.26. The number of nitrogens with zero attached hydrogens (tertiary/aromatic N) is 1. The van der Waals surface area contributed by atoms with Crippen LogP contribution in [0, 0.1) is 6.92 Å². The highest BCUT2D eigenvalue weighted by atomic mass is 16.3. The second-order valence-corrected chi connectivity index (χ2v) is 4.75. The van der Waals surface area contributed by atoms with Gasteiger partial charge in [-0.25, -0.2) is 0 Å². The van der Waals surface area contributed by atoms with Crippen LogP contribution in [0.15, 0.2) is 48.7 Å². The minimum absolute atomic E-state index is 0.0635. The molecule has 0 atom stereocenters. The van der Waals surface area contributed by atoms with Crippen molar-refractivity contribution in [1.82, 2.24) is 4.98 Å². The number of aryl methyl sites for hydroxylation is 1. The summed E-state index contributed by atoms with van der Waals surface area (Å²) in [7, 11) is 0. The first-order chi connectivity index (χ1) is 9.70. The third-order valence-corrected chi connectivity index (χ3v) is 3.39. The SMILES string of the molecule is Cc1ccc(-c2cc(C=O)c(O)c3ncccc23)cc1. The quantitative estimate of drug-likeness (QED) is 0.717. The highest BCUT2D eigenvalue weighted by molar-refractivity contribution is 6.02. The molecular weight excluding hydrogens is 250 g/mol. The van der Waals surface area contributed by atoms with Crippen LogP contribution in [0.2, 0.25) is 0 Å². The Balaban J connectivity index is 2.37. The molecule has 0 unspecified atom stereocenters. The number of aldehydes is 1. The van der Waals surface area contributed by atoms with Gasteiger partial charge in [0.2, 0.25) is 0 Å². The number of hydrogen-bond donors (Lipinski definition) is 1. The van der Waals surface area contributed by atoms with Gasteiger partial charge in [0.25, 0.3) is 0 Å². The number of fused-ring (bicyclic) bond motifs is 1. The summed E-state index contributed by atoms with van der Waals surface area (Å²) in [5.41, 5.74) is 3.77. The Morgan fingerprint density at radius 3 is 2.60 bits per heavy atom. The molecule has 0 amide bonds. The van der Waals surface area contributed by atoms with Crippen molar-refractivity contribution in [3.05, 3.63) is 59.8 Å². The Morgan fingerprint density at radius 2 is 1.90 bits per heavy atom. The van der Waals surface area contributed by atoms with E-state index in [9.17, 15) is 9.90 Å². The molecule has 98 valence electrons. The van der Waals surface area contributed by atoms with Crippen LogP contribution < -0.4 is 0 Å². The molecule has 0 bridgehead atoms. The first kappa shape index (κ1) is 12.4. The molecule has 20 heavy (non-hydrogen) atoms. The van der Waals surface area contributed by atoms with E-state index in [1.807, 2.05) is 43.3 Å². The summed E-state index contributed by atoms with van der Waals surface area (Å²) in [6, 6.07) is 13.5. The largest absolute Gasteiger partial charge is 0.505 e. The fourth-order valence-electron chi connectivity index (χ4n) is 2.31. The van der Waals surface area contributed by atoms with Crippen LogP contribution in [0.3, 0.4) is 0 Å². The molecule has 1 N–H and O–H groups in total. The standard InChI is InChI=1S/C17H13NO2/c1-11-4-6-12(7-5-11)15-9-13(10-19)17(20)16-14(15)3-2-8-18-16/h2-10,20H,1H3. The van der Waals surface area contributed by atoms with Gasteiger partial charge in [-0.3, -0.25) is 9.78 Å². The average molecular weight is 263 g/mol. The molecule has 3 heteroatoms. The second-order valence-electron chi connectivity index (χ2n) is 4.75. The molecule has 1 heterocycles. The van der Waals surface area contributed by atoms with Crippen molar-refractivity contribution in [3.8, 4) is 16.9 Å². The second kappa shape index (κ2) is 4.78. The summed E-state index contributed by atoms with van der Waals surface area (Å²) in [4.78, 5) is 15.3. The van der Waals surface area contributed by atoms with Gasteiger partial charge in [0.1, 0.15) is 5.52 Å². The number of carbonyl (C=O) groups excluding carboxylic acids is 1. The number of benzene rings is 2. The van der Waals surface area contributed by atoms with Gasteiger partial charge < -0.3 is 5.11 Å². The van der Waals surface area contributed by atoms with Crippen molar-refractivity contribution in [3.63, 3.8) is 0 Å². The predicted molar refractivity (Wildman–Crippen MR) is 79.0 cm³/mol. The Morgan fingerprint density at radius 1 is 1.15 bits per heavy atom. The molecule has 0 aliphatic rings. The average Bonchev–Trinajstić information content (AvgIpc) is 2.49. The molecule has 2 aromatic carbocycles. The van der Waals surface area contributed by atoms with Crippen molar-refractivity contribution in [2.24, 2.45) is 0 Å². The van der Waals surface area contributed by atoms with Crippen molar-refractivity contribution >= 4 is 17.2 Å². The molecule has 3 nitrogen and oxygen atoms in total. The van der Waals surface area contributed by atoms with E-state index in [1.54, 1.807) is 12.3 Å². The molecule has 3 rings (SSSR count). The number of pyridine rings is 1. The van der Waals surface area contributed by atoms with Crippen LogP contribution >= 0.6 is 0 Å². The summed E-state index contributed by atoms with van der Waals surface area (Å²) in [5, 5.41) is 10.9. The van der Waals surface area contributed by atoms with Crippen LogP contribution in [0.1, 0.15) is 15.9 Å². The van der Waals surface area contributed by atoms with E-state index in [1.165, 1.54) is 5.56 Å². The highest BCUT2D eigenvalue weighted by Gasteiger charge is 2.12. The van der Waals surface area contributed by atoms with E-state index in [4.69, 9.17) is 0 Å². The van der Waals surface area contributed by atoms with E-state index in [-0.39, 0.29) is 11.3 Å². The van der Waals surface area contributed by atoms with Crippen molar-refractivity contribution in [2.75, 3.05) is 0 Å². The molecule has 1 aromatic heterocycles. The molecule has 0 aliphatic heterocycles. The van der Waals surface area contributed by atoms with Gasteiger partial charge in [0, 0.05) is 11.6 Å². The third-order valence-electron chi connectivity index (χ3n) is 3.39. The lowest BCUT2D eigenvalue weighted by molar-refractivity contribution is 0.112. The van der Waals surface area contributed by atoms with Crippen molar-refractivity contribution in [1.29, 1.82) is 0 Å². The maximum Gasteiger partial charge on any atom is 0.153 e. The minimum atomic E-state index is -0.0635. The van der Waals surface area contributed by atoms with Crippen LogP contribution in [-0.2, 0) is 0 Å². The molecule has 0 saturated carbocycles. The van der Waals surface area contributed by atoms with Crippen LogP contribution in [0.4, 0.5) is 0 Å². The molecule has 0 aliphatic carbocycles. The monoisotopic (exact) mass is 263 g/mol. The topological polar surface area (TPSA) is 50.2 Å². The first-order valence-corrected chi connectivity index (χ1v) is 6.33. The van der Waals surface area contributed by atoms with Gasteiger partial charge >= 0.3 is 0 Å². The van der Waals surface area contributed by atoms with Gasteiger partial charge in [0.15, 0.2) is 12.0 Å². The zero-order valence-electron chi connectivity index (χ0n) is 11.0. The molecule has 0 saturated heterocycles. The van der Waals surface area contributed by atoms with Gasteiger partial charge in [-0.1, -0.05) is 35.9 Å². The van der Waals surface area contributed by atoms with Gasteiger partial charge in [-0.05, 0) is 30.2 Å². The molecule has 0 fully saturated rings. The lowest BCUT2D eigenvalue weighted by atomic mass is 9.97. The Kier molecular flexibility index (Phi) is 2.95. The number of phenolic OH excluding ortho intramolecular Hbond substituents is 1. The third kappa shape index (κ3) is 1.93. The normalized spacial score (nSPS) is 10.7. The zero-order chi connectivity index (χ0) is 14.1. The van der Waals surface area contributed by atoms with E-state index in [0.29, 0.717) is 11.8 Å². The Bertz CT molecular complexity index is 792. The summed E-state index contributed by atoms with van der Waals surface area (Å²) in [6.45, 7) is 2.02. The van der Waals surface area contributed by atoms with Crippen molar-refractivity contribution < 1.29 is 9.90 Å². The lowest BCUT2D eigenvalue weighted by Crippen LogP contribution is -1.90. The molecule has 0 radical (unpaired) electrons. The van der Waals surface area contributed by atoms with Gasteiger partial charge in [-0.2, -0.15) is 0 Å². The molecular formula is C17H13NO2. The van der Waals surface area contributed by atoms with Gasteiger partial charge in [0.05, 0.1) is 5.56 Å². The maximum absolute atomic E-state index is 11.1. The molecule has 0 spiro atoms. The lowest BCUT2D eigenvalue weighted by Gasteiger charge is -2.10. The summed E-state index contributed by atoms with van der Waals surface area (Å²) >= 11 is 0. The molecule has 3 aromatic rings. The Labute approximate surface area is 116 Å². The number of phenols is 1. The van der Waals surface area contributed by atoms with Crippen LogP contribution in [-0.4, -0.2) is 16.4 Å². The van der Waals surface area contributed by atoms with Gasteiger partial charge in [-0.15, -0.1) is 0 Å². The first-order valence-electron chi connectivity index (χ1n) is 6.33. The van der Waals surface area contributed by atoms with Crippen LogP contribution in [0.5, 0.6) is 5.75 Å². The van der Waals surface area contributed by atoms with Crippen molar-refractivity contribution in [2.45, 2.75) is 6.92 Å². The number of carbonyl (C=O) groups is 1. The Hall–Kier alpha value is -2.68. The van der Waals surface area contributed by atoms with E-state index >= 15 is 0 Å². The highest BCUT2D eigenvalue weighted by Crippen LogP contribution is 2.35. The fourth-order valence-corrected chi connectivity index (χ4v) is 2.31. The zero-order valence-corrected chi connectivity index (χ0v) is 11.0. The van der Waals surface area contributed by atoms with E-state index in [2.05, 4.69) is 4.98 Å². The predicted octanol–water partition coefficient (Wildman–Crippen LogP) is 3.73. The van der Waals surface area contributed by atoms with Crippen LogP contribution in [0.25, 0.3) is 22.0 Å². The summed E-state index contributed by atoms with van der Waals surface area (Å²) in [5.74, 6) is -0.0635. The van der Waals surface area contributed by atoms with E-state index in [0.717, 1.165) is 16.5 Å². The van der Waals surface area contributed by atoms with E-state index < -0.39 is 0 Å². The number of hydrogen-bond acceptors (Lipinski definition) is 3. The number of rotatable bonds is 2. The smallest absolute Gasteiger partial charge is 0.153 e. The minimum Gasteiger partial charge on any atom is -0.505 e. The fraction of sp³-hybridized carbons (Fsp3) is 0.0588.